The zero-order chi connectivity index (χ0) is 25.8. The molecule has 0 bridgehead atoms. The average Bonchev–Trinajstić information content (AvgIpc) is 3.57. The van der Waals surface area contributed by atoms with Gasteiger partial charge >= 0.3 is 5.97 Å². The lowest BCUT2D eigenvalue weighted by Crippen LogP contribution is -2.34. The number of aromatic nitrogens is 1. The lowest BCUT2D eigenvalue weighted by atomic mass is 9.94. The molecule has 0 amide bonds. The molecule has 8 heteroatoms. The van der Waals surface area contributed by atoms with Crippen molar-refractivity contribution in [3.8, 4) is 0 Å². The molecule has 7 nitrogen and oxygen atoms in total. The highest BCUT2D eigenvalue weighted by molar-refractivity contribution is 5.76. The van der Waals surface area contributed by atoms with E-state index in [1.165, 1.54) is 17.8 Å². The van der Waals surface area contributed by atoms with Crippen LogP contribution in [0.3, 0.4) is 0 Å². The van der Waals surface area contributed by atoms with E-state index in [-0.39, 0.29) is 12.2 Å². The number of likely N-dealkylation sites (tertiary alicyclic amines) is 1. The largest absolute Gasteiger partial charge is 0.480 e. The number of hydrogen-bond donors (Lipinski definition) is 2. The quantitative estimate of drug-likeness (QED) is 0.438. The molecule has 0 spiro atoms. The molecule has 4 atom stereocenters. The van der Waals surface area contributed by atoms with Crippen molar-refractivity contribution in [1.29, 1.82) is 0 Å². The standard InChI is InChI=1S/C29H38FN3O4/c1-19-15-26-25(31-17-19)10-8-21(32-26)5-2-3-13-36-22-11-12-33(18-22)28(29(34)35)24-16-20(30)7-9-23(24)27-6-4-14-37-27/h7-10,16,19,22,27-28,31H,2-6,11-15,17-18H2,1H3,(H,34,35)/t19?,22-,27?,28?/m1/s1. The van der Waals surface area contributed by atoms with E-state index in [1.807, 2.05) is 4.90 Å². The second-order valence-electron chi connectivity index (χ2n) is 10.7. The number of halogens is 1. The van der Waals surface area contributed by atoms with Gasteiger partial charge in [-0.15, -0.1) is 0 Å². The first-order chi connectivity index (χ1) is 18.0. The zero-order valence-electron chi connectivity index (χ0n) is 21.6. The summed E-state index contributed by atoms with van der Waals surface area (Å²) in [5.41, 5.74) is 4.76. The number of aryl methyl sites for hydroxylation is 1. The molecule has 37 heavy (non-hydrogen) atoms. The molecule has 3 unspecified atom stereocenters. The summed E-state index contributed by atoms with van der Waals surface area (Å²) in [7, 11) is 0. The number of unbranched alkanes of at least 4 members (excludes halogenated alkanes) is 1. The number of nitrogens with one attached hydrogen (secondary N) is 1. The molecule has 0 aliphatic carbocycles. The fourth-order valence-corrected chi connectivity index (χ4v) is 5.86. The number of rotatable bonds is 10. The maximum Gasteiger partial charge on any atom is 0.325 e. The van der Waals surface area contributed by atoms with Crippen LogP contribution in [0, 0.1) is 11.7 Å². The Bertz CT molecular complexity index is 1090. The van der Waals surface area contributed by atoms with Crippen molar-refractivity contribution in [2.24, 2.45) is 5.92 Å². The molecular formula is C29H38FN3O4. The van der Waals surface area contributed by atoms with Crippen LogP contribution in [0.1, 0.15) is 73.7 Å². The van der Waals surface area contributed by atoms with E-state index in [0.717, 1.165) is 68.4 Å². The average molecular weight is 512 g/mol. The van der Waals surface area contributed by atoms with Crippen molar-refractivity contribution in [1.82, 2.24) is 9.88 Å². The first kappa shape index (κ1) is 26.1. The lowest BCUT2D eigenvalue weighted by Gasteiger charge is -2.28. The van der Waals surface area contributed by atoms with E-state index < -0.39 is 17.8 Å². The van der Waals surface area contributed by atoms with Crippen molar-refractivity contribution < 1.29 is 23.8 Å². The van der Waals surface area contributed by atoms with E-state index in [2.05, 4.69) is 24.4 Å². The maximum atomic E-state index is 14.2. The number of fused-ring (bicyclic) bond motifs is 1. The van der Waals surface area contributed by atoms with Gasteiger partial charge in [-0.3, -0.25) is 14.7 Å². The van der Waals surface area contributed by atoms with Gasteiger partial charge < -0.3 is 19.9 Å². The Kier molecular flexibility index (Phi) is 8.37. The van der Waals surface area contributed by atoms with Crippen LogP contribution in [0.25, 0.3) is 0 Å². The summed E-state index contributed by atoms with van der Waals surface area (Å²) in [5, 5.41) is 13.6. The Morgan fingerprint density at radius 3 is 3.00 bits per heavy atom. The summed E-state index contributed by atoms with van der Waals surface area (Å²) in [4.78, 5) is 19.1. The first-order valence-corrected chi connectivity index (χ1v) is 13.7. The number of pyridine rings is 1. The Balaban J connectivity index is 1.12. The van der Waals surface area contributed by atoms with Crippen LogP contribution in [0.15, 0.2) is 30.3 Å². The summed E-state index contributed by atoms with van der Waals surface area (Å²) in [5.74, 6) is -0.777. The van der Waals surface area contributed by atoms with Gasteiger partial charge in [0, 0.05) is 38.5 Å². The fraction of sp³-hybridized carbons (Fsp3) is 0.586. The molecule has 3 aliphatic heterocycles. The van der Waals surface area contributed by atoms with Crippen LogP contribution in [0.4, 0.5) is 10.1 Å². The van der Waals surface area contributed by atoms with Gasteiger partial charge in [-0.2, -0.15) is 0 Å². The highest BCUT2D eigenvalue weighted by Crippen LogP contribution is 2.37. The molecule has 0 radical (unpaired) electrons. The van der Waals surface area contributed by atoms with Crippen molar-refractivity contribution in [2.75, 3.05) is 38.2 Å². The number of aliphatic carboxylic acids is 1. The fourth-order valence-electron chi connectivity index (χ4n) is 5.86. The lowest BCUT2D eigenvalue weighted by molar-refractivity contribution is -0.143. The van der Waals surface area contributed by atoms with Gasteiger partial charge in [-0.25, -0.2) is 4.39 Å². The summed E-state index contributed by atoms with van der Waals surface area (Å²) < 4.78 is 26.1. The van der Waals surface area contributed by atoms with Crippen LogP contribution in [0.5, 0.6) is 0 Å². The van der Waals surface area contributed by atoms with Crippen molar-refractivity contribution in [3.05, 3.63) is 58.7 Å². The van der Waals surface area contributed by atoms with Crippen LogP contribution in [-0.2, 0) is 27.1 Å². The van der Waals surface area contributed by atoms with Crippen LogP contribution in [0.2, 0.25) is 0 Å². The summed E-state index contributed by atoms with van der Waals surface area (Å²) in [6.07, 6.45) is 6.22. The number of anilines is 1. The van der Waals surface area contributed by atoms with E-state index in [9.17, 15) is 14.3 Å². The number of carboxylic acids is 1. The van der Waals surface area contributed by atoms with Crippen molar-refractivity contribution >= 4 is 11.7 Å². The molecule has 4 heterocycles. The zero-order valence-corrected chi connectivity index (χ0v) is 21.6. The van der Waals surface area contributed by atoms with Gasteiger partial charge in [0.05, 0.1) is 23.6 Å². The predicted molar refractivity (Wildman–Crippen MR) is 139 cm³/mol. The molecule has 2 fully saturated rings. The third kappa shape index (κ3) is 6.30. The van der Waals surface area contributed by atoms with Gasteiger partial charge in [0.15, 0.2) is 0 Å². The Labute approximate surface area is 218 Å². The normalized spacial score (nSPS) is 24.5. The van der Waals surface area contributed by atoms with Crippen LogP contribution < -0.4 is 5.32 Å². The number of hydrogen-bond acceptors (Lipinski definition) is 6. The molecule has 0 saturated carbocycles. The van der Waals surface area contributed by atoms with E-state index in [0.29, 0.717) is 37.8 Å². The SMILES string of the molecule is CC1CNc2ccc(CCCCO[C@@H]3CCN(C(C(=O)O)c4cc(F)ccc4C4CCCO4)C3)nc2C1. The number of carboxylic acid groups (broad SMARTS) is 1. The third-order valence-corrected chi connectivity index (χ3v) is 7.79. The second kappa shape index (κ2) is 11.9. The van der Waals surface area contributed by atoms with Gasteiger partial charge in [0.2, 0.25) is 0 Å². The van der Waals surface area contributed by atoms with Gasteiger partial charge in [0.1, 0.15) is 11.9 Å². The Morgan fingerprint density at radius 2 is 2.19 bits per heavy atom. The number of benzene rings is 1. The molecule has 3 aliphatic rings. The molecular weight excluding hydrogens is 473 g/mol. The topological polar surface area (TPSA) is 83.9 Å². The Morgan fingerprint density at radius 1 is 1.30 bits per heavy atom. The molecule has 5 rings (SSSR count). The maximum absolute atomic E-state index is 14.2. The van der Waals surface area contributed by atoms with Gasteiger partial charge in [0.25, 0.3) is 0 Å². The minimum absolute atomic E-state index is 0.0176. The van der Waals surface area contributed by atoms with E-state index in [1.54, 1.807) is 6.07 Å². The highest BCUT2D eigenvalue weighted by atomic mass is 19.1. The monoisotopic (exact) mass is 511 g/mol. The number of carbonyl (C=O) groups is 1. The first-order valence-electron chi connectivity index (χ1n) is 13.7. The minimum Gasteiger partial charge on any atom is -0.480 e. The molecule has 2 N–H and O–H groups in total. The predicted octanol–water partition coefficient (Wildman–Crippen LogP) is 4.92. The molecule has 2 aromatic rings. The van der Waals surface area contributed by atoms with Crippen molar-refractivity contribution in [3.63, 3.8) is 0 Å². The minimum atomic E-state index is -0.965. The highest BCUT2D eigenvalue weighted by Gasteiger charge is 2.37. The van der Waals surface area contributed by atoms with Crippen LogP contribution in [-0.4, -0.2) is 59.9 Å². The summed E-state index contributed by atoms with van der Waals surface area (Å²) >= 11 is 0. The van der Waals surface area contributed by atoms with Gasteiger partial charge in [-0.1, -0.05) is 13.0 Å². The second-order valence-corrected chi connectivity index (χ2v) is 10.7. The molecule has 1 aromatic carbocycles. The summed E-state index contributed by atoms with van der Waals surface area (Å²) in [6.45, 7) is 5.67. The number of nitrogens with zero attached hydrogens (tertiary/aromatic N) is 2. The molecule has 2 saturated heterocycles. The third-order valence-electron chi connectivity index (χ3n) is 7.79. The molecule has 200 valence electrons. The van der Waals surface area contributed by atoms with E-state index >= 15 is 0 Å². The molecule has 1 aromatic heterocycles. The summed E-state index contributed by atoms with van der Waals surface area (Å²) in [6, 6.07) is 7.81. The van der Waals surface area contributed by atoms with Gasteiger partial charge in [-0.05, 0) is 86.3 Å². The van der Waals surface area contributed by atoms with Crippen LogP contribution >= 0.6 is 0 Å². The smallest absolute Gasteiger partial charge is 0.325 e. The van der Waals surface area contributed by atoms with E-state index in [4.69, 9.17) is 14.5 Å². The van der Waals surface area contributed by atoms with Crippen molar-refractivity contribution in [2.45, 2.75) is 70.1 Å². The Hall–Kier alpha value is -2.55. The number of ether oxygens (including phenoxy) is 2.